The van der Waals surface area contributed by atoms with E-state index in [0.717, 1.165) is 40.2 Å². The first kappa shape index (κ1) is 17.2. The monoisotopic (exact) mass is 340 g/mol. The summed E-state index contributed by atoms with van der Waals surface area (Å²) in [5.74, 6) is 0.0431. The molecule has 3 rings (SSSR count). The molecule has 1 aromatic heterocycles. The molecule has 2 heterocycles. The van der Waals surface area contributed by atoms with Gasteiger partial charge in [-0.3, -0.25) is 14.3 Å². The number of aromatic nitrogens is 2. The van der Waals surface area contributed by atoms with Gasteiger partial charge in [-0.2, -0.15) is 5.10 Å². The first-order valence-corrected chi connectivity index (χ1v) is 8.56. The van der Waals surface area contributed by atoms with Crippen molar-refractivity contribution in [2.45, 2.75) is 46.1 Å². The number of rotatable bonds is 4. The predicted octanol–water partition coefficient (Wildman–Crippen LogP) is 2.34. The van der Waals surface area contributed by atoms with Gasteiger partial charge in [0.05, 0.1) is 18.2 Å². The van der Waals surface area contributed by atoms with Crippen LogP contribution in [0.5, 0.6) is 0 Å². The van der Waals surface area contributed by atoms with Gasteiger partial charge >= 0.3 is 0 Å². The zero-order chi connectivity index (χ0) is 18.1. The summed E-state index contributed by atoms with van der Waals surface area (Å²) in [4.78, 5) is 23.9. The second-order valence-electron chi connectivity index (χ2n) is 6.70. The van der Waals surface area contributed by atoms with Gasteiger partial charge in [-0.25, -0.2) is 0 Å². The van der Waals surface area contributed by atoms with Gasteiger partial charge in [-0.15, -0.1) is 0 Å². The molecule has 0 saturated carbocycles. The molecule has 0 unspecified atom stereocenters. The van der Waals surface area contributed by atoms with Crippen molar-refractivity contribution in [2.75, 3.05) is 5.32 Å². The third kappa shape index (κ3) is 3.57. The normalized spacial score (nSPS) is 14.6. The van der Waals surface area contributed by atoms with E-state index in [4.69, 9.17) is 0 Å². The average Bonchev–Trinajstić information content (AvgIpc) is 2.80. The maximum atomic E-state index is 12.4. The number of carbonyl (C=O) groups excluding carboxylic acids is 2. The molecule has 1 aliphatic heterocycles. The molecule has 1 aromatic carbocycles. The lowest BCUT2D eigenvalue weighted by Crippen LogP contribution is -2.28. The van der Waals surface area contributed by atoms with Crippen LogP contribution < -0.4 is 10.6 Å². The zero-order valence-electron chi connectivity index (χ0n) is 15.1. The maximum Gasteiger partial charge on any atom is 0.225 e. The Morgan fingerprint density at radius 3 is 2.80 bits per heavy atom. The Bertz CT molecular complexity index is 838. The van der Waals surface area contributed by atoms with Gasteiger partial charge in [-0.05, 0) is 44.4 Å². The van der Waals surface area contributed by atoms with E-state index in [1.54, 1.807) is 4.68 Å². The van der Waals surface area contributed by atoms with Crippen LogP contribution in [0.1, 0.15) is 47.5 Å². The number of amides is 2. The number of hydrogen-bond acceptors (Lipinski definition) is 3. The summed E-state index contributed by atoms with van der Waals surface area (Å²) in [6.45, 7) is 5.88. The predicted molar refractivity (Wildman–Crippen MR) is 96.3 cm³/mol. The minimum atomic E-state index is -0.0901. The number of aryl methyl sites for hydroxylation is 3. The molecule has 0 aliphatic carbocycles. The van der Waals surface area contributed by atoms with E-state index in [-0.39, 0.29) is 17.9 Å². The van der Waals surface area contributed by atoms with Crippen LogP contribution in [0, 0.1) is 13.8 Å². The molecule has 2 amide bonds. The molecule has 1 atom stereocenters. The summed E-state index contributed by atoms with van der Waals surface area (Å²) in [5.41, 5.74) is 5.94. The summed E-state index contributed by atoms with van der Waals surface area (Å²) in [6.07, 6.45) is 1.58. The van der Waals surface area contributed by atoms with Crippen molar-refractivity contribution in [1.82, 2.24) is 15.1 Å². The molecular formula is C19H24N4O2. The van der Waals surface area contributed by atoms with Crippen LogP contribution in [0.3, 0.4) is 0 Å². The second-order valence-corrected chi connectivity index (χ2v) is 6.70. The van der Waals surface area contributed by atoms with Crippen molar-refractivity contribution >= 4 is 17.5 Å². The Morgan fingerprint density at radius 2 is 2.12 bits per heavy atom. The Labute approximate surface area is 147 Å². The summed E-state index contributed by atoms with van der Waals surface area (Å²) in [6, 6.07) is 5.85. The van der Waals surface area contributed by atoms with Gasteiger partial charge < -0.3 is 10.6 Å². The van der Waals surface area contributed by atoms with E-state index in [0.29, 0.717) is 12.8 Å². The molecule has 0 radical (unpaired) electrons. The van der Waals surface area contributed by atoms with E-state index in [1.165, 1.54) is 0 Å². The molecule has 6 nitrogen and oxygen atoms in total. The highest BCUT2D eigenvalue weighted by Gasteiger charge is 2.18. The maximum absolute atomic E-state index is 12.4. The molecule has 2 N–H and O–H groups in total. The van der Waals surface area contributed by atoms with E-state index in [9.17, 15) is 9.59 Å². The molecule has 0 saturated heterocycles. The van der Waals surface area contributed by atoms with Gasteiger partial charge in [0, 0.05) is 30.4 Å². The lowest BCUT2D eigenvalue weighted by Gasteiger charge is -2.20. The standard InChI is InChI=1S/C19H24N4O2/c1-11(14-5-7-17-15(9-14)6-8-18(24)21-17)20-19(25)10-16-12(2)22-23(4)13(16)3/h5,7,9,11H,6,8,10H2,1-4H3,(H,20,25)(H,21,24)/t11-/m1/s1. The van der Waals surface area contributed by atoms with Crippen LogP contribution in [0.2, 0.25) is 0 Å². The highest BCUT2D eigenvalue weighted by Crippen LogP contribution is 2.26. The van der Waals surface area contributed by atoms with Gasteiger partial charge in [0.15, 0.2) is 0 Å². The fourth-order valence-electron chi connectivity index (χ4n) is 3.28. The number of hydrogen-bond donors (Lipinski definition) is 2. The topological polar surface area (TPSA) is 76.0 Å². The molecule has 132 valence electrons. The number of carbonyl (C=O) groups is 2. The van der Waals surface area contributed by atoms with E-state index in [1.807, 2.05) is 40.0 Å². The molecule has 6 heteroatoms. The molecule has 2 aromatic rings. The molecule has 0 fully saturated rings. The number of benzene rings is 1. The van der Waals surface area contributed by atoms with E-state index < -0.39 is 0 Å². The van der Waals surface area contributed by atoms with Crippen molar-refractivity contribution < 1.29 is 9.59 Å². The number of fused-ring (bicyclic) bond motifs is 1. The van der Waals surface area contributed by atoms with Crippen LogP contribution in [0.25, 0.3) is 0 Å². The van der Waals surface area contributed by atoms with Crippen LogP contribution >= 0.6 is 0 Å². The van der Waals surface area contributed by atoms with Gasteiger partial charge in [-0.1, -0.05) is 12.1 Å². The largest absolute Gasteiger partial charge is 0.349 e. The van der Waals surface area contributed by atoms with Crippen molar-refractivity contribution in [3.63, 3.8) is 0 Å². The molecule has 1 aliphatic rings. The molecule has 0 bridgehead atoms. The van der Waals surface area contributed by atoms with Crippen molar-refractivity contribution in [1.29, 1.82) is 0 Å². The van der Waals surface area contributed by atoms with Crippen LogP contribution in [-0.4, -0.2) is 21.6 Å². The van der Waals surface area contributed by atoms with Gasteiger partial charge in [0.25, 0.3) is 0 Å². The van der Waals surface area contributed by atoms with Gasteiger partial charge in [0.2, 0.25) is 11.8 Å². The first-order valence-electron chi connectivity index (χ1n) is 8.56. The minimum absolute atomic E-state index is 0.0160. The second kappa shape index (κ2) is 6.70. The fourth-order valence-corrected chi connectivity index (χ4v) is 3.28. The summed E-state index contributed by atoms with van der Waals surface area (Å²) < 4.78 is 1.80. The first-order chi connectivity index (χ1) is 11.8. The average molecular weight is 340 g/mol. The van der Waals surface area contributed by atoms with Gasteiger partial charge in [0.1, 0.15) is 0 Å². The highest BCUT2D eigenvalue weighted by molar-refractivity contribution is 5.93. The molecule has 0 spiro atoms. The molecule has 25 heavy (non-hydrogen) atoms. The lowest BCUT2D eigenvalue weighted by molar-refractivity contribution is -0.121. The number of nitrogens with one attached hydrogen (secondary N) is 2. The third-order valence-electron chi connectivity index (χ3n) is 4.90. The van der Waals surface area contributed by atoms with Crippen molar-refractivity contribution in [3.8, 4) is 0 Å². The SMILES string of the molecule is Cc1nn(C)c(C)c1CC(=O)N[C@H](C)c1ccc2c(c1)CCC(=O)N2. The van der Waals surface area contributed by atoms with Crippen molar-refractivity contribution in [2.24, 2.45) is 7.05 Å². The highest BCUT2D eigenvalue weighted by atomic mass is 16.2. The van der Waals surface area contributed by atoms with Crippen LogP contribution in [0.4, 0.5) is 5.69 Å². The summed E-state index contributed by atoms with van der Waals surface area (Å²) in [5, 5.41) is 10.3. The Kier molecular flexibility index (Phi) is 4.61. The summed E-state index contributed by atoms with van der Waals surface area (Å²) in [7, 11) is 1.89. The molecular weight excluding hydrogens is 316 g/mol. The summed E-state index contributed by atoms with van der Waals surface area (Å²) >= 11 is 0. The Morgan fingerprint density at radius 1 is 1.36 bits per heavy atom. The zero-order valence-corrected chi connectivity index (χ0v) is 15.1. The fraction of sp³-hybridized carbons (Fsp3) is 0.421. The van der Waals surface area contributed by atoms with E-state index in [2.05, 4.69) is 21.8 Å². The number of nitrogens with zero attached hydrogens (tertiary/aromatic N) is 2. The lowest BCUT2D eigenvalue weighted by atomic mass is 9.97. The third-order valence-corrected chi connectivity index (χ3v) is 4.90. The number of anilines is 1. The van der Waals surface area contributed by atoms with Crippen LogP contribution in [-0.2, 0) is 29.5 Å². The Hall–Kier alpha value is -2.63. The van der Waals surface area contributed by atoms with Crippen LogP contribution in [0.15, 0.2) is 18.2 Å². The Balaban J connectivity index is 1.68. The van der Waals surface area contributed by atoms with Crippen molar-refractivity contribution in [3.05, 3.63) is 46.3 Å². The van der Waals surface area contributed by atoms with E-state index >= 15 is 0 Å². The quantitative estimate of drug-likeness (QED) is 0.897. The minimum Gasteiger partial charge on any atom is -0.349 e. The smallest absolute Gasteiger partial charge is 0.225 e.